The number of halogens is 2. The van der Waals surface area contributed by atoms with Gasteiger partial charge in [-0.05, 0) is 71.1 Å². The first-order chi connectivity index (χ1) is 14.8. The number of nitrogens with zero attached hydrogens (tertiary/aromatic N) is 3. The van der Waals surface area contributed by atoms with Gasteiger partial charge in [-0.25, -0.2) is 8.42 Å². The second-order valence-electron chi connectivity index (χ2n) is 8.30. The Morgan fingerprint density at radius 3 is 2.45 bits per heavy atom. The third kappa shape index (κ3) is 3.99. The van der Waals surface area contributed by atoms with Crippen LogP contribution in [0.15, 0.2) is 45.8 Å². The number of anilines is 2. The first-order valence-electron chi connectivity index (χ1n) is 10.5. The summed E-state index contributed by atoms with van der Waals surface area (Å²) in [6, 6.07) is 11.2. The number of piperazine rings is 1. The Morgan fingerprint density at radius 1 is 1.03 bits per heavy atom. The number of carbonyl (C=O) groups is 1. The molecule has 1 amide bonds. The molecule has 2 heterocycles. The fourth-order valence-electron chi connectivity index (χ4n) is 4.36. The lowest BCUT2D eigenvalue weighted by Gasteiger charge is -2.35. The number of rotatable bonds is 4. The molecule has 3 aliphatic rings. The van der Waals surface area contributed by atoms with Crippen LogP contribution in [-0.4, -0.2) is 51.4 Å². The molecule has 164 valence electrons. The first-order valence-corrected chi connectivity index (χ1v) is 13.1. The molecule has 2 aromatic carbocycles. The van der Waals surface area contributed by atoms with Crippen molar-refractivity contribution in [2.24, 2.45) is 5.92 Å². The van der Waals surface area contributed by atoms with Gasteiger partial charge in [0, 0.05) is 59.5 Å². The fourth-order valence-corrected chi connectivity index (χ4v) is 7.04. The molecule has 0 spiro atoms. The predicted molar refractivity (Wildman–Crippen MR) is 125 cm³/mol. The number of hydrogen-bond acceptors (Lipinski definition) is 4. The van der Waals surface area contributed by atoms with Crippen molar-refractivity contribution in [3.05, 3.63) is 51.5 Å². The lowest BCUT2D eigenvalue weighted by molar-refractivity contribution is -0.119. The Morgan fingerprint density at radius 2 is 1.77 bits per heavy atom. The summed E-state index contributed by atoms with van der Waals surface area (Å²) in [6.07, 6.45) is 2.62. The van der Waals surface area contributed by atoms with E-state index in [0.717, 1.165) is 36.2 Å². The molecule has 0 radical (unpaired) electrons. The van der Waals surface area contributed by atoms with Crippen LogP contribution in [0.2, 0.25) is 5.02 Å². The van der Waals surface area contributed by atoms with Crippen LogP contribution in [0, 0.1) is 5.92 Å². The first kappa shape index (κ1) is 21.2. The summed E-state index contributed by atoms with van der Waals surface area (Å²) in [5.74, 6) is 0.230. The molecular weight excluding hydrogens is 502 g/mol. The highest BCUT2D eigenvalue weighted by molar-refractivity contribution is 9.10. The van der Waals surface area contributed by atoms with Crippen LogP contribution >= 0.6 is 27.5 Å². The zero-order chi connectivity index (χ0) is 21.8. The van der Waals surface area contributed by atoms with E-state index in [2.05, 4.69) is 20.8 Å². The fraction of sp³-hybridized carbons (Fsp3) is 0.409. The molecule has 31 heavy (non-hydrogen) atoms. The SMILES string of the molecule is O=C(C1CC1)N1CCc2cc(Br)c(S(=O)(=O)N3CCN(c4cccc(Cl)c4)CC3)cc21. The normalized spacial score (nSPS) is 19.5. The molecule has 1 saturated heterocycles. The van der Waals surface area contributed by atoms with Crippen molar-refractivity contribution in [1.29, 1.82) is 0 Å². The van der Waals surface area contributed by atoms with Gasteiger partial charge in [0.2, 0.25) is 15.9 Å². The minimum absolute atomic E-state index is 0.106. The molecule has 0 bridgehead atoms. The molecule has 0 atom stereocenters. The Kier molecular flexibility index (Phi) is 5.53. The number of fused-ring (bicyclic) bond motifs is 1. The van der Waals surface area contributed by atoms with Crippen LogP contribution in [-0.2, 0) is 21.2 Å². The average molecular weight is 525 g/mol. The summed E-state index contributed by atoms with van der Waals surface area (Å²) in [6.45, 7) is 2.59. The van der Waals surface area contributed by atoms with Gasteiger partial charge in [-0.1, -0.05) is 17.7 Å². The molecule has 1 aliphatic carbocycles. The molecule has 1 saturated carbocycles. The molecular formula is C22H23BrClN3O3S. The number of amides is 1. The molecule has 2 aliphatic heterocycles. The number of hydrogen-bond donors (Lipinski definition) is 0. The van der Waals surface area contributed by atoms with E-state index in [4.69, 9.17) is 11.6 Å². The summed E-state index contributed by atoms with van der Waals surface area (Å²) in [5.41, 5.74) is 2.76. The van der Waals surface area contributed by atoms with E-state index < -0.39 is 10.0 Å². The summed E-state index contributed by atoms with van der Waals surface area (Å²) < 4.78 is 29.1. The highest BCUT2D eigenvalue weighted by Gasteiger charge is 2.38. The second kappa shape index (κ2) is 8.06. The summed E-state index contributed by atoms with van der Waals surface area (Å²) >= 11 is 9.57. The topological polar surface area (TPSA) is 60.9 Å². The summed E-state index contributed by atoms with van der Waals surface area (Å²) in [4.78, 5) is 16.8. The van der Waals surface area contributed by atoms with Crippen LogP contribution in [0.4, 0.5) is 11.4 Å². The quantitative estimate of drug-likeness (QED) is 0.608. The minimum atomic E-state index is -3.69. The van der Waals surface area contributed by atoms with E-state index in [1.807, 2.05) is 30.3 Å². The van der Waals surface area contributed by atoms with Crippen LogP contribution in [0.25, 0.3) is 0 Å². The Bertz CT molecular complexity index is 1140. The van der Waals surface area contributed by atoms with E-state index in [0.29, 0.717) is 42.2 Å². The lowest BCUT2D eigenvalue weighted by atomic mass is 10.2. The van der Waals surface area contributed by atoms with Gasteiger partial charge in [0.1, 0.15) is 0 Å². The average Bonchev–Trinajstić information content (AvgIpc) is 3.53. The smallest absolute Gasteiger partial charge is 0.244 e. The van der Waals surface area contributed by atoms with Crippen LogP contribution in [0.3, 0.4) is 0 Å². The van der Waals surface area contributed by atoms with Crippen molar-refractivity contribution in [2.75, 3.05) is 42.5 Å². The van der Waals surface area contributed by atoms with E-state index >= 15 is 0 Å². The van der Waals surface area contributed by atoms with Crippen molar-refractivity contribution >= 4 is 54.8 Å². The van der Waals surface area contributed by atoms with Crippen molar-refractivity contribution in [2.45, 2.75) is 24.2 Å². The van der Waals surface area contributed by atoms with Crippen molar-refractivity contribution < 1.29 is 13.2 Å². The molecule has 5 rings (SSSR count). The predicted octanol–water partition coefficient (Wildman–Crippen LogP) is 3.91. The maximum Gasteiger partial charge on any atom is 0.244 e. The van der Waals surface area contributed by atoms with E-state index in [9.17, 15) is 13.2 Å². The van der Waals surface area contributed by atoms with Gasteiger partial charge in [-0.3, -0.25) is 4.79 Å². The molecule has 9 heteroatoms. The molecule has 6 nitrogen and oxygen atoms in total. The number of carbonyl (C=O) groups excluding carboxylic acids is 1. The van der Waals surface area contributed by atoms with Gasteiger partial charge in [0.05, 0.1) is 4.90 Å². The molecule has 0 unspecified atom stereocenters. The second-order valence-corrected chi connectivity index (χ2v) is 11.5. The molecule has 2 fully saturated rings. The molecule has 0 aromatic heterocycles. The Hall–Kier alpha value is -1.61. The third-order valence-corrected chi connectivity index (χ3v) is 9.34. The van der Waals surface area contributed by atoms with Crippen LogP contribution in [0.5, 0.6) is 0 Å². The van der Waals surface area contributed by atoms with Gasteiger partial charge in [0.15, 0.2) is 0 Å². The van der Waals surface area contributed by atoms with Gasteiger partial charge in [-0.2, -0.15) is 4.31 Å². The summed E-state index contributed by atoms with van der Waals surface area (Å²) in [5, 5.41) is 0.667. The number of benzene rings is 2. The van der Waals surface area contributed by atoms with Crippen LogP contribution in [0.1, 0.15) is 18.4 Å². The van der Waals surface area contributed by atoms with E-state index in [1.165, 1.54) is 4.31 Å². The van der Waals surface area contributed by atoms with Gasteiger partial charge >= 0.3 is 0 Å². The van der Waals surface area contributed by atoms with Gasteiger partial charge in [0.25, 0.3) is 0 Å². The van der Waals surface area contributed by atoms with Crippen LogP contribution < -0.4 is 9.80 Å². The van der Waals surface area contributed by atoms with E-state index in [-0.39, 0.29) is 16.7 Å². The maximum absolute atomic E-state index is 13.5. The third-order valence-electron chi connectivity index (χ3n) is 6.25. The Labute approximate surface area is 195 Å². The standard InChI is InChI=1S/C22H23BrClN3O3S/c23-19-12-16-6-7-27(22(28)15-4-5-15)20(16)14-21(19)31(29,30)26-10-8-25(9-11-26)18-3-1-2-17(24)13-18/h1-3,12-15H,4-11H2. The maximum atomic E-state index is 13.5. The highest BCUT2D eigenvalue weighted by atomic mass is 79.9. The van der Waals surface area contributed by atoms with Crippen molar-refractivity contribution in [3.8, 4) is 0 Å². The van der Waals surface area contributed by atoms with E-state index in [1.54, 1.807) is 11.0 Å². The summed E-state index contributed by atoms with van der Waals surface area (Å²) in [7, 11) is -3.69. The minimum Gasteiger partial charge on any atom is -0.369 e. The van der Waals surface area contributed by atoms with Crippen molar-refractivity contribution in [3.63, 3.8) is 0 Å². The van der Waals surface area contributed by atoms with Gasteiger partial charge < -0.3 is 9.80 Å². The van der Waals surface area contributed by atoms with Gasteiger partial charge in [-0.15, -0.1) is 0 Å². The molecule has 2 aromatic rings. The lowest BCUT2D eigenvalue weighted by Crippen LogP contribution is -2.48. The zero-order valence-electron chi connectivity index (χ0n) is 16.9. The molecule has 0 N–H and O–H groups in total. The Balaban J connectivity index is 1.37. The highest BCUT2D eigenvalue weighted by Crippen LogP contribution is 2.40. The number of sulfonamides is 1. The zero-order valence-corrected chi connectivity index (χ0v) is 20.1. The largest absolute Gasteiger partial charge is 0.369 e. The van der Waals surface area contributed by atoms with Crippen molar-refractivity contribution in [1.82, 2.24) is 4.31 Å². The monoisotopic (exact) mass is 523 g/mol.